The number of anilines is 1. The van der Waals surface area contributed by atoms with E-state index in [1.54, 1.807) is 47.4 Å². The standard InChI is InChI=1S/C12H10ClN5.C6H3Cl2N3/c13-10-6-12(18-11(17-10)3-5-16-18)15-8-9-2-1-4-14-7-9;7-4-3-5(8)11-6(10-4)1-2-9-11/h1-7,15H,8H2;1-3H. The molecule has 1 N–H and O–H groups in total. The number of fused-ring (bicyclic) bond motifs is 2. The fraction of sp³-hybridized carbons (Fsp3) is 0.0556. The van der Waals surface area contributed by atoms with Crippen LogP contribution in [0.1, 0.15) is 5.56 Å². The first-order valence-electron chi connectivity index (χ1n) is 8.39. The van der Waals surface area contributed by atoms with E-state index in [0.717, 1.165) is 17.0 Å². The first kappa shape index (κ1) is 19.4. The van der Waals surface area contributed by atoms with Crippen LogP contribution in [0.2, 0.25) is 15.5 Å². The molecule has 0 saturated heterocycles. The average Bonchev–Trinajstić information content (AvgIpc) is 3.36. The van der Waals surface area contributed by atoms with E-state index in [-0.39, 0.29) is 0 Å². The largest absolute Gasteiger partial charge is 0.366 e. The summed E-state index contributed by atoms with van der Waals surface area (Å²) >= 11 is 17.4. The predicted octanol–water partition coefficient (Wildman–Crippen LogP) is 4.43. The maximum Gasteiger partial charge on any atom is 0.159 e. The molecule has 0 amide bonds. The number of nitrogens with one attached hydrogen (secondary N) is 1. The molecule has 5 rings (SSSR count). The van der Waals surface area contributed by atoms with E-state index >= 15 is 0 Å². The fourth-order valence-corrected chi connectivity index (χ4v) is 3.22. The Labute approximate surface area is 180 Å². The molecule has 0 aliphatic rings. The van der Waals surface area contributed by atoms with Crippen molar-refractivity contribution in [2.24, 2.45) is 0 Å². The number of aromatic nitrogens is 7. The quantitative estimate of drug-likeness (QED) is 0.412. The van der Waals surface area contributed by atoms with Gasteiger partial charge >= 0.3 is 0 Å². The summed E-state index contributed by atoms with van der Waals surface area (Å²) in [5.74, 6) is 0.804. The molecule has 8 nitrogen and oxygen atoms in total. The van der Waals surface area contributed by atoms with Gasteiger partial charge < -0.3 is 5.32 Å². The molecular formula is C18H13Cl3N8. The third-order valence-corrected chi connectivity index (χ3v) is 4.47. The molecule has 29 heavy (non-hydrogen) atoms. The second-order valence-corrected chi connectivity index (χ2v) is 6.94. The van der Waals surface area contributed by atoms with E-state index in [1.165, 1.54) is 4.52 Å². The van der Waals surface area contributed by atoms with Crippen molar-refractivity contribution in [2.75, 3.05) is 5.32 Å². The molecule has 0 atom stereocenters. The van der Waals surface area contributed by atoms with Gasteiger partial charge in [0.15, 0.2) is 11.3 Å². The number of nitrogens with zero attached hydrogens (tertiary/aromatic N) is 7. The normalized spacial score (nSPS) is 10.7. The van der Waals surface area contributed by atoms with Crippen molar-refractivity contribution in [3.8, 4) is 0 Å². The van der Waals surface area contributed by atoms with E-state index in [4.69, 9.17) is 34.8 Å². The van der Waals surface area contributed by atoms with Crippen molar-refractivity contribution in [1.82, 2.24) is 34.2 Å². The van der Waals surface area contributed by atoms with Gasteiger partial charge in [-0.25, -0.2) is 14.5 Å². The Morgan fingerprint density at radius 2 is 1.52 bits per heavy atom. The van der Waals surface area contributed by atoms with Crippen LogP contribution in [0.3, 0.4) is 0 Å². The highest BCUT2D eigenvalue weighted by atomic mass is 35.5. The second-order valence-electron chi connectivity index (χ2n) is 5.78. The van der Waals surface area contributed by atoms with E-state index in [2.05, 4.69) is 30.5 Å². The first-order valence-corrected chi connectivity index (χ1v) is 9.52. The Kier molecular flexibility index (Phi) is 5.75. The molecule has 0 unspecified atom stereocenters. The summed E-state index contributed by atoms with van der Waals surface area (Å²) in [6, 6.07) is 10.7. The fourth-order valence-electron chi connectivity index (χ4n) is 2.55. The van der Waals surface area contributed by atoms with Crippen LogP contribution in [0.15, 0.2) is 61.2 Å². The summed E-state index contributed by atoms with van der Waals surface area (Å²) in [7, 11) is 0. The maximum absolute atomic E-state index is 5.96. The van der Waals surface area contributed by atoms with Gasteiger partial charge in [0.25, 0.3) is 0 Å². The summed E-state index contributed by atoms with van der Waals surface area (Å²) < 4.78 is 3.22. The SMILES string of the molecule is Clc1cc(Cl)n2nccc2n1.Clc1cc(NCc2cccnc2)n2nccc2n1. The Hall–Kier alpha value is -2.94. The van der Waals surface area contributed by atoms with Gasteiger partial charge in [-0.2, -0.15) is 14.7 Å². The maximum atomic E-state index is 5.96. The van der Waals surface area contributed by atoms with Crippen LogP contribution < -0.4 is 5.32 Å². The summed E-state index contributed by atoms with van der Waals surface area (Å²) in [5.41, 5.74) is 2.46. The molecule has 0 radical (unpaired) electrons. The summed E-state index contributed by atoms with van der Waals surface area (Å²) in [5, 5.41) is 12.7. The van der Waals surface area contributed by atoms with Crippen molar-refractivity contribution >= 4 is 51.9 Å². The van der Waals surface area contributed by atoms with E-state index in [9.17, 15) is 0 Å². The Morgan fingerprint density at radius 1 is 0.828 bits per heavy atom. The summed E-state index contributed by atoms with van der Waals surface area (Å²) in [6.07, 6.45) is 6.87. The highest BCUT2D eigenvalue weighted by Gasteiger charge is 2.05. The molecule has 0 spiro atoms. The minimum atomic E-state index is 0.378. The third kappa shape index (κ3) is 4.56. The van der Waals surface area contributed by atoms with Crippen molar-refractivity contribution in [1.29, 1.82) is 0 Å². The molecule has 5 aromatic rings. The first-order chi connectivity index (χ1) is 14.1. The van der Waals surface area contributed by atoms with E-state index in [1.807, 2.05) is 18.3 Å². The third-order valence-electron chi connectivity index (χ3n) is 3.81. The molecule has 0 bridgehead atoms. The van der Waals surface area contributed by atoms with Crippen molar-refractivity contribution in [3.63, 3.8) is 0 Å². The van der Waals surface area contributed by atoms with Gasteiger partial charge in [-0.15, -0.1) is 0 Å². The monoisotopic (exact) mass is 446 g/mol. The molecule has 0 aromatic carbocycles. The van der Waals surface area contributed by atoms with Gasteiger partial charge in [0, 0.05) is 43.2 Å². The Morgan fingerprint density at radius 3 is 2.24 bits per heavy atom. The zero-order chi connectivity index (χ0) is 20.2. The van der Waals surface area contributed by atoms with Crippen LogP contribution in [-0.2, 0) is 6.54 Å². The van der Waals surface area contributed by atoms with Crippen molar-refractivity contribution in [2.45, 2.75) is 6.54 Å². The second kappa shape index (κ2) is 8.60. The van der Waals surface area contributed by atoms with Crippen LogP contribution in [-0.4, -0.2) is 34.2 Å². The van der Waals surface area contributed by atoms with Gasteiger partial charge in [0.2, 0.25) is 0 Å². The van der Waals surface area contributed by atoms with E-state index in [0.29, 0.717) is 27.7 Å². The Bertz CT molecular complexity index is 1250. The highest BCUT2D eigenvalue weighted by molar-refractivity contribution is 6.33. The minimum absolute atomic E-state index is 0.378. The Balaban J connectivity index is 0.000000159. The molecule has 0 aliphatic carbocycles. The average molecular weight is 448 g/mol. The number of pyridine rings is 1. The lowest BCUT2D eigenvalue weighted by atomic mass is 10.3. The minimum Gasteiger partial charge on any atom is -0.366 e. The van der Waals surface area contributed by atoms with Gasteiger partial charge in [-0.05, 0) is 11.6 Å². The van der Waals surface area contributed by atoms with Gasteiger partial charge in [0.05, 0.1) is 12.4 Å². The van der Waals surface area contributed by atoms with Crippen molar-refractivity contribution < 1.29 is 0 Å². The van der Waals surface area contributed by atoms with Gasteiger partial charge in [0.1, 0.15) is 21.3 Å². The molecule has 0 saturated carbocycles. The lowest BCUT2D eigenvalue weighted by Crippen LogP contribution is -2.06. The smallest absolute Gasteiger partial charge is 0.159 e. The lowest BCUT2D eigenvalue weighted by molar-refractivity contribution is 0.924. The van der Waals surface area contributed by atoms with Crippen LogP contribution in [0.4, 0.5) is 5.82 Å². The molecule has 11 heteroatoms. The molecule has 146 valence electrons. The molecule has 5 heterocycles. The zero-order valence-electron chi connectivity index (χ0n) is 14.7. The number of halogens is 3. The van der Waals surface area contributed by atoms with E-state index < -0.39 is 0 Å². The topological polar surface area (TPSA) is 85.3 Å². The number of hydrogen-bond donors (Lipinski definition) is 1. The lowest BCUT2D eigenvalue weighted by Gasteiger charge is -2.08. The summed E-state index contributed by atoms with van der Waals surface area (Å²) in [4.78, 5) is 12.2. The van der Waals surface area contributed by atoms with Crippen LogP contribution in [0, 0.1) is 0 Å². The highest BCUT2D eigenvalue weighted by Crippen LogP contribution is 2.17. The molecule has 0 aliphatic heterocycles. The predicted molar refractivity (Wildman–Crippen MR) is 113 cm³/mol. The number of hydrogen-bond acceptors (Lipinski definition) is 6. The van der Waals surface area contributed by atoms with Crippen LogP contribution >= 0.6 is 34.8 Å². The number of rotatable bonds is 3. The van der Waals surface area contributed by atoms with Crippen LogP contribution in [0.5, 0.6) is 0 Å². The van der Waals surface area contributed by atoms with Gasteiger partial charge in [-0.3, -0.25) is 4.98 Å². The molecule has 0 fully saturated rings. The van der Waals surface area contributed by atoms with Crippen LogP contribution in [0.25, 0.3) is 11.3 Å². The molecule has 5 aromatic heterocycles. The zero-order valence-corrected chi connectivity index (χ0v) is 17.0. The molecular weight excluding hydrogens is 435 g/mol. The van der Waals surface area contributed by atoms with Crippen molar-refractivity contribution in [3.05, 3.63) is 82.2 Å². The van der Waals surface area contributed by atoms with Gasteiger partial charge in [-0.1, -0.05) is 40.9 Å². The summed E-state index contributed by atoms with van der Waals surface area (Å²) in [6.45, 7) is 0.656.